The molecule has 0 bridgehead atoms. The van der Waals surface area contributed by atoms with E-state index >= 15 is 0 Å². The Hall–Kier alpha value is -2.74. The number of amides is 2. The minimum atomic E-state index is -1.78. The third kappa shape index (κ3) is 12.1. The van der Waals surface area contributed by atoms with Gasteiger partial charge in [0, 0.05) is 11.3 Å². The first-order chi connectivity index (χ1) is 24.8. The third-order valence-corrected chi connectivity index (χ3v) is 11.8. The predicted octanol–water partition coefficient (Wildman–Crippen LogP) is 7.62. The molecule has 5 rings (SSSR count). The van der Waals surface area contributed by atoms with Crippen molar-refractivity contribution in [2.24, 2.45) is 0 Å². The van der Waals surface area contributed by atoms with Gasteiger partial charge in [0.25, 0.3) is 11.8 Å². The molecule has 3 aliphatic heterocycles. The van der Waals surface area contributed by atoms with Gasteiger partial charge in [-0.25, -0.2) is 4.79 Å². The zero-order valence-corrected chi connectivity index (χ0v) is 33.4. The fraction of sp³-hybridized carbons (Fsp3) is 0.486. The standard InChI is InChI=1S/C19H17Cl3N2O5S.C18H28O3S/c1-10-11(2)30-17-14(23-13(25)8-28-12-6-4-3-5-7-12)16(26)24(17)15(10)18(27)29-9-19(20,21)22;1-3-4-5-6-7-8-11-22(19)15(2)12-16-9-10-17-18(13-16)21-14-20-17/h3-7,14,17H,2,8-9H2,1H3,(H,23,25);9-10,13,15H,3-8,11-12,14H2,1-2H3/t14?,17-;/m1./s1. The second kappa shape index (κ2) is 20.1. The lowest BCUT2D eigenvalue weighted by atomic mass is 10.0. The molecular formula is C37H45Cl3N2O8S2. The summed E-state index contributed by atoms with van der Waals surface area (Å²) < 4.78 is 31.7. The van der Waals surface area contributed by atoms with Gasteiger partial charge in [-0.15, -0.1) is 0 Å². The molecule has 2 aromatic rings. The van der Waals surface area contributed by atoms with Gasteiger partial charge in [-0.3, -0.25) is 14.5 Å². The number of β-lactam (4-membered cyclic amide) rings is 1. The Morgan fingerprint density at radius 2 is 1.79 bits per heavy atom. The molecule has 10 nitrogen and oxygen atoms in total. The first kappa shape index (κ1) is 42.0. The lowest BCUT2D eigenvalue weighted by Crippen LogP contribution is -2.70. The average molecular weight is 816 g/mol. The second-order valence-corrected chi connectivity index (χ2v) is 18.2. The van der Waals surface area contributed by atoms with E-state index in [1.54, 1.807) is 31.2 Å². The van der Waals surface area contributed by atoms with Crippen LogP contribution in [0.25, 0.3) is 0 Å². The maximum absolute atomic E-state index is 12.7. The van der Waals surface area contributed by atoms with Gasteiger partial charge in [0.2, 0.25) is 10.6 Å². The smallest absolute Gasteiger partial charge is 0.355 e. The number of esters is 1. The molecule has 1 fully saturated rings. The molecule has 0 spiro atoms. The zero-order chi connectivity index (χ0) is 37.8. The zero-order valence-electron chi connectivity index (χ0n) is 29.5. The maximum Gasteiger partial charge on any atom is 0.355 e. The molecule has 15 heteroatoms. The van der Waals surface area contributed by atoms with Crippen LogP contribution in [-0.4, -0.2) is 73.5 Å². The number of para-hydroxylation sites is 1. The molecule has 0 radical (unpaired) electrons. The molecule has 1 saturated heterocycles. The molecule has 0 aliphatic carbocycles. The number of carbonyl (C=O) groups is 3. The molecular weight excluding hydrogens is 771 g/mol. The fourth-order valence-electron chi connectivity index (χ4n) is 5.57. The number of allylic oxidation sites excluding steroid dienone is 1. The Balaban J connectivity index is 0.000000244. The fourth-order valence-corrected chi connectivity index (χ4v) is 8.20. The molecule has 3 aliphatic rings. The molecule has 4 atom stereocenters. The van der Waals surface area contributed by atoms with E-state index in [0.29, 0.717) is 23.0 Å². The van der Waals surface area contributed by atoms with Gasteiger partial charge in [-0.05, 0) is 62.1 Å². The number of hydrogen-bond donors (Lipinski definition) is 1. The van der Waals surface area contributed by atoms with Crippen LogP contribution in [0, 0.1) is 0 Å². The van der Waals surface area contributed by atoms with Crippen molar-refractivity contribution in [3.8, 4) is 17.2 Å². The molecule has 2 amide bonds. The number of unbranched alkanes of at least 4 members (excludes halogenated alkanes) is 5. The summed E-state index contributed by atoms with van der Waals surface area (Å²) in [5.74, 6) is 1.26. The summed E-state index contributed by atoms with van der Waals surface area (Å²) in [5.41, 5.74) is 1.68. The maximum atomic E-state index is 12.7. The molecule has 3 unspecified atom stereocenters. The molecule has 1 N–H and O–H groups in total. The number of fused-ring (bicyclic) bond motifs is 2. The van der Waals surface area contributed by atoms with Crippen molar-refractivity contribution in [2.45, 2.75) is 86.2 Å². The Morgan fingerprint density at radius 1 is 1.10 bits per heavy atom. The normalized spacial score (nSPS) is 18.8. The van der Waals surface area contributed by atoms with Crippen molar-refractivity contribution >= 4 is 75.5 Å². The van der Waals surface area contributed by atoms with E-state index in [0.717, 1.165) is 30.1 Å². The lowest BCUT2D eigenvalue weighted by Gasteiger charge is -2.49. The van der Waals surface area contributed by atoms with E-state index in [1.165, 1.54) is 54.3 Å². The number of carbonyl (C=O) groups excluding carboxylic acids is 3. The minimum Gasteiger partial charge on any atom is -0.616 e. The highest BCUT2D eigenvalue weighted by atomic mass is 35.6. The summed E-state index contributed by atoms with van der Waals surface area (Å²) in [5, 5.41) is 2.29. The van der Waals surface area contributed by atoms with Crippen LogP contribution in [0.2, 0.25) is 0 Å². The van der Waals surface area contributed by atoms with Gasteiger partial charge in [0.1, 0.15) is 40.5 Å². The van der Waals surface area contributed by atoms with E-state index in [1.807, 2.05) is 24.3 Å². The Bertz CT molecular complexity index is 1590. The summed E-state index contributed by atoms with van der Waals surface area (Å²) in [6.07, 6.45) is 8.32. The average Bonchev–Trinajstić information content (AvgIpc) is 3.59. The van der Waals surface area contributed by atoms with Gasteiger partial charge in [-0.2, -0.15) is 0 Å². The lowest BCUT2D eigenvalue weighted by molar-refractivity contribution is -0.153. The Labute approximate surface area is 328 Å². The number of nitrogens with zero attached hydrogens (tertiary/aromatic N) is 1. The molecule has 0 aromatic heterocycles. The monoisotopic (exact) mass is 814 g/mol. The van der Waals surface area contributed by atoms with Crippen molar-refractivity contribution in [3.05, 3.63) is 76.8 Å². The van der Waals surface area contributed by atoms with Crippen molar-refractivity contribution in [3.63, 3.8) is 0 Å². The molecule has 52 heavy (non-hydrogen) atoms. The van der Waals surface area contributed by atoms with Crippen LogP contribution in [-0.2, 0) is 36.7 Å². The number of nitrogens with one attached hydrogen (secondary N) is 1. The van der Waals surface area contributed by atoms with Gasteiger partial charge in [0.05, 0.1) is 0 Å². The van der Waals surface area contributed by atoms with E-state index in [9.17, 15) is 18.9 Å². The highest BCUT2D eigenvalue weighted by Crippen LogP contribution is 2.46. The molecule has 2 aromatic carbocycles. The van der Waals surface area contributed by atoms with E-state index in [-0.39, 0.29) is 17.6 Å². The van der Waals surface area contributed by atoms with Gasteiger partial charge < -0.3 is 28.8 Å². The molecule has 0 saturated carbocycles. The summed E-state index contributed by atoms with van der Waals surface area (Å²) in [6, 6.07) is 14.0. The molecule has 3 heterocycles. The number of ether oxygens (including phenoxy) is 4. The summed E-state index contributed by atoms with van der Waals surface area (Å²) in [6.45, 7) is 9.44. The second-order valence-electron chi connectivity index (χ2n) is 12.5. The third-order valence-electron chi connectivity index (χ3n) is 8.42. The largest absolute Gasteiger partial charge is 0.616 e. The van der Waals surface area contributed by atoms with Crippen LogP contribution < -0.4 is 19.5 Å². The SMILES string of the molecule is C=C1S[C@@H]2C(NC(=O)COc3ccccc3)C(=O)N2C(C(=O)OCC(Cl)(Cl)Cl)=C1C.CCCCCCCC[S+]([O-])C(C)Cc1ccc2c(c1)OCO2. The number of thioether (sulfide) groups is 1. The van der Waals surface area contributed by atoms with Crippen LogP contribution in [0.1, 0.15) is 64.9 Å². The predicted molar refractivity (Wildman–Crippen MR) is 207 cm³/mol. The van der Waals surface area contributed by atoms with Crippen LogP contribution in [0.5, 0.6) is 17.2 Å². The topological polar surface area (TPSA) is 126 Å². The van der Waals surface area contributed by atoms with Crippen molar-refractivity contribution in [1.29, 1.82) is 0 Å². The van der Waals surface area contributed by atoms with Crippen molar-refractivity contribution in [2.75, 3.05) is 25.8 Å². The van der Waals surface area contributed by atoms with Crippen LogP contribution in [0.15, 0.2) is 71.3 Å². The van der Waals surface area contributed by atoms with E-state index < -0.39 is 50.8 Å². The number of rotatable bonds is 16. The Kier molecular flexibility index (Phi) is 16.2. The minimum absolute atomic E-state index is 0.0223. The van der Waals surface area contributed by atoms with E-state index in [4.69, 9.17) is 53.8 Å². The Morgan fingerprint density at radius 3 is 2.50 bits per heavy atom. The first-order valence-corrected chi connectivity index (χ1v) is 20.5. The van der Waals surface area contributed by atoms with Crippen LogP contribution in [0.4, 0.5) is 0 Å². The quantitative estimate of drug-likeness (QED) is 0.0599. The van der Waals surface area contributed by atoms with Gasteiger partial charge in [0.15, 0.2) is 18.1 Å². The number of alkyl halides is 3. The summed E-state index contributed by atoms with van der Waals surface area (Å²) in [7, 11) is 0. The van der Waals surface area contributed by atoms with Crippen molar-refractivity contribution < 1.29 is 37.9 Å². The summed E-state index contributed by atoms with van der Waals surface area (Å²) in [4.78, 5) is 39.3. The van der Waals surface area contributed by atoms with Gasteiger partial charge >= 0.3 is 5.97 Å². The van der Waals surface area contributed by atoms with Gasteiger partial charge in [-0.1, -0.05) is 121 Å². The summed E-state index contributed by atoms with van der Waals surface area (Å²) >= 11 is 17.4. The van der Waals surface area contributed by atoms with Crippen LogP contribution in [0.3, 0.4) is 0 Å². The van der Waals surface area contributed by atoms with E-state index in [2.05, 4.69) is 25.7 Å². The highest BCUT2D eigenvalue weighted by Gasteiger charge is 2.55. The van der Waals surface area contributed by atoms with Crippen molar-refractivity contribution in [1.82, 2.24) is 10.2 Å². The number of halogens is 3. The number of hydrogen-bond acceptors (Lipinski definition) is 9. The molecule has 284 valence electrons. The highest BCUT2D eigenvalue weighted by molar-refractivity contribution is 8.04. The van der Waals surface area contributed by atoms with Crippen LogP contribution >= 0.6 is 46.6 Å². The first-order valence-electron chi connectivity index (χ1n) is 17.2. The number of benzene rings is 2.